The molecule has 28 heavy (non-hydrogen) atoms. The van der Waals surface area contributed by atoms with Gasteiger partial charge in [-0.3, -0.25) is 4.79 Å². The summed E-state index contributed by atoms with van der Waals surface area (Å²) in [6.45, 7) is 0.375. The minimum absolute atomic E-state index is 0.154. The molecule has 0 saturated heterocycles. The Bertz CT molecular complexity index is 1070. The van der Waals surface area contributed by atoms with Gasteiger partial charge in [0.1, 0.15) is 23.9 Å². The zero-order valence-corrected chi connectivity index (χ0v) is 15.9. The van der Waals surface area contributed by atoms with E-state index >= 15 is 0 Å². The van der Waals surface area contributed by atoms with Crippen LogP contribution in [0, 0.1) is 0 Å². The highest BCUT2D eigenvalue weighted by Crippen LogP contribution is 2.35. The summed E-state index contributed by atoms with van der Waals surface area (Å²) in [7, 11) is 1.60. The van der Waals surface area contributed by atoms with Gasteiger partial charge in [-0.05, 0) is 53.6 Å². The zero-order valence-electron chi connectivity index (χ0n) is 15.1. The Hall–Kier alpha value is -3.24. The first-order valence-corrected chi connectivity index (χ1v) is 9.10. The number of halogens is 1. The second-order valence-electron chi connectivity index (χ2n) is 6.29. The maximum atomic E-state index is 12.6. The molecule has 0 unspecified atom stereocenters. The minimum Gasteiger partial charge on any atom is -0.497 e. The molecule has 0 aromatic heterocycles. The second kappa shape index (κ2) is 7.79. The van der Waals surface area contributed by atoms with E-state index in [-0.39, 0.29) is 11.5 Å². The van der Waals surface area contributed by atoms with Gasteiger partial charge in [-0.2, -0.15) is 0 Å². The van der Waals surface area contributed by atoms with Crippen molar-refractivity contribution in [3.8, 4) is 17.2 Å². The predicted octanol–water partition coefficient (Wildman–Crippen LogP) is 5.54. The van der Waals surface area contributed by atoms with Crippen LogP contribution >= 0.6 is 11.6 Å². The summed E-state index contributed by atoms with van der Waals surface area (Å²) < 4.78 is 16.8. The normalized spacial score (nSPS) is 13.9. The minimum atomic E-state index is -0.154. The number of rotatable bonds is 5. The van der Waals surface area contributed by atoms with E-state index in [2.05, 4.69) is 0 Å². The van der Waals surface area contributed by atoms with Crippen LogP contribution in [-0.2, 0) is 6.61 Å². The van der Waals surface area contributed by atoms with E-state index in [0.29, 0.717) is 34.4 Å². The van der Waals surface area contributed by atoms with Crippen LogP contribution in [0.3, 0.4) is 0 Å². The van der Waals surface area contributed by atoms with Crippen molar-refractivity contribution in [2.24, 2.45) is 0 Å². The van der Waals surface area contributed by atoms with E-state index in [9.17, 15) is 4.79 Å². The molecule has 0 spiro atoms. The molecule has 0 atom stereocenters. The van der Waals surface area contributed by atoms with E-state index in [1.165, 1.54) is 0 Å². The molecule has 1 aliphatic rings. The molecule has 3 aromatic rings. The lowest BCUT2D eigenvalue weighted by Gasteiger charge is -2.07. The van der Waals surface area contributed by atoms with E-state index < -0.39 is 0 Å². The summed E-state index contributed by atoms with van der Waals surface area (Å²) in [4.78, 5) is 12.6. The Kier molecular flexibility index (Phi) is 5.04. The van der Waals surface area contributed by atoms with Crippen LogP contribution in [-0.4, -0.2) is 12.9 Å². The first kappa shape index (κ1) is 18.1. The largest absolute Gasteiger partial charge is 0.497 e. The van der Waals surface area contributed by atoms with Crippen LogP contribution in [0.25, 0.3) is 6.08 Å². The monoisotopic (exact) mass is 392 g/mol. The fourth-order valence-corrected chi connectivity index (χ4v) is 3.15. The third-order valence-corrected chi connectivity index (χ3v) is 4.56. The molecule has 140 valence electrons. The number of benzene rings is 3. The molecule has 0 radical (unpaired) electrons. The van der Waals surface area contributed by atoms with Crippen LogP contribution < -0.4 is 14.2 Å². The van der Waals surface area contributed by atoms with Gasteiger partial charge >= 0.3 is 0 Å². The van der Waals surface area contributed by atoms with E-state index in [0.717, 1.165) is 11.1 Å². The van der Waals surface area contributed by atoms with E-state index in [4.69, 9.17) is 25.8 Å². The summed E-state index contributed by atoms with van der Waals surface area (Å²) in [5.41, 5.74) is 2.31. The summed E-state index contributed by atoms with van der Waals surface area (Å²) in [6, 6.07) is 20.1. The van der Waals surface area contributed by atoms with Crippen LogP contribution in [0.4, 0.5) is 0 Å². The third-order valence-electron chi connectivity index (χ3n) is 4.33. The fourth-order valence-electron chi connectivity index (χ4n) is 2.93. The van der Waals surface area contributed by atoms with E-state index in [1.54, 1.807) is 31.4 Å². The topological polar surface area (TPSA) is 44.8 Å². The lowest BCUT2D eigenvalue weighted by atomic mass is 10.1. The van der Waals surface area contributed by atoms with Gasteiger partial charge in [0, 0.05) is 11.1 Å². The van der Waals surface area contributed by atoms with Crippen molar-refractivity contribution in [1.82, 2.24) is 0 Å². The summed E-state index contributed by atoms with van der Waals surface area (Å²) in [6.07, 6.45) is 1.71. The Morgan fingerprint density at radius 3 is 2.68 bits per heavy atom. The van der Waals surface area contributed by atoms with Gasteiger partial charge in [0.25, 0.3) is 0 Å². The summed E-state index contributed by atoms with van der Waals surface area (Å²) >= 11 is 5.99. The smallest absolute Gasteiger partial charge is 0.231 e. The number of ether oxygens (including phenoxy) is 3. The number of hydrogen-bond acceptors (Lipinski definition) is 4. The molecule has 4 nitrogen and oxygen atoms in total. The number of carbonyl (C=O) groups excluding carboxylic acids is 1. The number of ketones is 1. The highest BCUT2D eigenvalue weighted by Gasteiger charge is 2.27. The fraction of sp³-hybridized carbons (Fsp3) is 0.0870. The maximum absolute atomic E-state index is 12.6. The molecule has 0 N–H and O–H groups in total. The number of carbonyl (C=O) groups is 1. The van der Waals surface area contributed by atoms with Gasteiger partial charge in [-0.25, -0.2) is 0 Å². The lowest BCUT2D eigenvalue weighted by Crippen LogP contribution is -1.98. The van der Waals surface area contributed by atoms with Crippen molar-refractivity contribution in [3.05, 3.63) is 94.2 Å². The van der Waals surface area contributed by atoms with Crippen molar-refractivity contribution in [2.75, 3.05) is 7.11 Å². The van der Waals surface area contributed by atoms with Crippen LogP contribution in [0.2, 0.25) is 5.02 Å². The highest BCUT2D eigenvalue weighted by molar-refractivity contribution is 6.30. The van der Waals surface area contributed by atoms with Crippen LogP contribution in [0.1, 0.15) is 21.5 Å². The molecular formula is C23H17ClO4. The Morgan fingerprint density at radius 1 is 1.00 bits per heavy atom. The van der Waals surface area contributed by atoms with Crippen molar-refractivity contribution >= 4 is 23.5 Å². The number of hydrogen-bond donors (Lipinski definition) is 0. The Morgan fingerprint density at radius 2 is 1.86 bits per heavy atom. The Balaban J connectivity index is 1.51. The van der Waals surface area contributed by atoms with Crippen LogP contribution in [0.15, 0.2) is 72.5 Å². The van der Waals surface area contributed by atoms with Crippen molar-refractivity contribution < 1.29 is 19.0 Å². The van der Waals surface area contributed by atoms with Gasteiger partial charge in [-0.15, -0.1) is 0 Å². The zero-order chi connectivity index (χ0) is 19.5. The highest BCUT2D eigenvalue weighted by atomic mass is 35.5. The molecular weight excluding hydrogens is 376 g/mol. The quantitative estimate of drug-likeness (QED) is 0.534. The molecule has 3 aromatic carbocycles. The SMILES string of the molecule is COc1cccc(/C=C2\Oc3cc(OCc4cccc(Cl)c4)ccc3C2=O)c1. The molecule has 0 amide bonds. The summed E-state index contributed by atoms with van der Waals surface area (Å²) in [5, 5.41) is 0.663. The van der Waals surface area contributed by atoms with Crippen molar-refractivity contribution in [2.45, 2.75) is 6.61 Å². The lowest BCUT2D eigenvalue weighted by molar-refractivity contribution is 0.101. The third kappa shape index (κ3) is 3.87. The second-order valence-corrected chi connectivity index (χ2v) is 6.73. The van der Waals surface area contributed by atoms with Gasteiger partial charge in [-0.1, -0.05) is 35.9 Å². The molecule has 0 fully saturated rings. The average molecular weight is 393 g/mol. The van der Waals surface area contributed by atoms with Gasteiger partial charge in [0.2, 0.25) is 5.78 Å². The molecule has 5 heteroatoms. The molecule has 0 saturated carbocycles. The number of fused-ring (bicyclic) bond motifs is 1. The van der Waals surface area contributed by atoms with Crippen molar-refractivity contribution in [3.63, 3.8) is 0 Å². The van der Waals surface area contributed by atoms with Gasteiger partial charge in [0.15, 0.2) is 5.76 Å². The first-order chi connectivity index (χ1) is 13.6. The molecule has 1 aliphatic heterocycles. The van der Waals surface area contributed by atoms with Gasteiger partial charge < -0.3 is 14.2 Å². The Labute approximate surface area is 167 Å². The molecule has 1 heterocycles. The molecule has 4 rings (SSSR count). The maximum Gasteiger partial charge on any atom is 0.231 e. The molecule has 0 aliphatic carbocycles. The van der Waals surface area contributed by atoms with E-state index in [1.807, 2.05) is 48.5 Å². The van der Waals surface area contributed by atoms with Crippen molar-refractivity contribution in [1.29, 1.82) is 0 Å². The standard InChI is InChI=1S/C23H17ClO4/c1-26-18-7-3-4-15(11-18)12-22-23(25)20-9-8-19(13-21(20)28-22)27-14-16-5-2-6-17(24)10-16/h2-13H,14H2,1H3/b22-12-. The summed E-state index contributed by atoms with van der Waals surface area (Å²) in [5.74, 6) is 1.94. The predicted molar refractivity (Wildman–Crippen MR) is 108 cm³/mol. The number of methoxy groups -OCH3 is 1. The van der Waals surface area contributed by atoms with Gasteiger partial charge in [0.05, 0.1) is 12.7 Å². The number of allylic oxidation sites excluding steroid dienone is 1. The molecule has 0 bridgehead atoms. The first-order valence-electron chi connectivity index (χ1n) is 8.72. The average Bonchev–Trinajstić information content (AvgIpc) is 3.01. The number of Topliss-reactive ketones (excluding diaryl/α,β-unsaturated/α-hetero) is 1. The van der Waals surface area contributed by atoms with Crippen LogP contribution in [0.5, 0.6) is 17.2 Å².